The fraction of sp³-hybridized carbons (Fsp3) is 0.250. The average Bonchev–Trinajstić information content (AvgIpc) is 1.85. The van der Waals surface area contributed by atoms with Crippen molar-refractivity contribution in [3.8, 4) is 0 Å². The number of rotatable bonds is 4. The second kappa shape index (κ2) is 4.25. The van der Waals surface area contributed by atoms with Crippen LogP contribution in [0.5, 0.6) is 0 Å². The first kappa shape index (κ1) is 10.3. The third kappa shape index (κ3) is 7.21. The quantitative estimate of drug-likeness (QED) is 0.270. The SMILES string of the molecule is C=CC(=O)OCOP(=O)(O)O. The standard InChI is InChI=1S/C4H7O6P/c1-2-4(5)9-3-10-11(6,7)8/h2H,1,3H2,(H2,6,7,8). The summed E-state index contributed by atoms with van der Waals surface area (Å²) in [6.07, 6.45) is 0.850. The van der Waals surface area contributed by atoms with Crippen LogP contribution in [-0.2, 0) is 18.6 Å². The first-order valence-electron chi connectivity index (χ1n) is 2.45. The Kier molecular flexibility index (Phi) is 3.99. The molecule has 0 saturated heterocycles. The molecule has 6 nitrogen and oxygen atoms in total. The van der Waals surface area contributed by atoms with Gasteiger partial charge in [-0.05, 0) is 0 Å². The van der Waals surface area contributed by atoms with Gasteiger partial charge in [0.2, 0.25) is 6.79 Å². The molecule has 0 spiro atoms. The third-order valence-electron chi connectivity index (χ3n) is 0.589. The summed E-state index contributed by atoms with van der Waals surface area (Å²) in [5.74, 6) is -0.807. The van der Waals surface area contributed by atoms with Crippen LogP contribution >= 0.6 is 7.82 Å². The van der Waals surface area contributed by atoms with Crippen LogP contribution in [0.4, 0.5) is 0 Å². The zero-order chi connectivity index (χ0) is 8.91. The van der Waals surface area contributed by atoms with Crippen molar-refractivity contribution in [2.24, 2.45) is 0 Å². The lowest BCUT2D eigenvalue weighted by Crippen LogP contribution is -2.03. The first-order chi connectivity index (χ1) is 4.95. The highest BCUT2D eigenvalue weighted by Crippen LogP contribution is 2.35. The molecule has 0 saturated carbocycles. The molecule has 0 aliphatic heterocycles. The molecule has 0 rings (SSSR count). The molecule has 11 heavy (non-hydrogen) atoms. The third-order valence-corrected chi connectivity index (χ3v) is 1.03. The average molecular weight is 182 g/mol. The lowest BCUT2D eigenvalue weighted by Gasteiger charge is -2.03. The highest BCUT2D eigenvalue weighted by Gasteiger charge is 2.13. The van der Waals surface area contributed by atoms with Crippen LogP contribution in [-0.4, -0.2) is 22.5 Å². The maximum absolute atomic E-state index is 10.2. The number of hydrogen-bond donors (Lipinski definition) is 2. The van der Waals surface area contributed by atoms with Crippen LogP contribution in [0.15, 0.2) is 12.7 Å². The lowest BCUT2D eigenvalue weighted by atomic mass is 10.7. The van der Waals surface area contributed by atoms with Gasteiger partial charge in [0.25, 0.3) is 0 Å². The first-order valence-corrected chi connectivity index (χ1v) is 3.98. The van der Waals surface area contributed by atoms with Crippen molar-refractivity contribution >= 4 is 13.8 Å². The molecule has 64 valence electrons. The topological polar surface area (TPSA) is 93.1 Å². The van der Waals surface area contributed by atoms with Crippen molar-refractivity contribution in [3.63, 3.8) is 0 Å². The summed E-state index contributed by atoms with van der Waals surface area (Å²) < 4.78 is 17.8. The molecule has 0 aliphatic carbocycles. The van der Waals surface area contributed by atoms with Crippen molar-refractivity contribution in [1.29, 1.82) is 0 Å². The van der Waals surface area contributed by atoms with Gasteiger partial charge in [0.15, 0.2) is 0 Å². The molecule has 0 aromatic rings. The molecular formula is C4H7O6P. The van der Waals surface area contributed by atoms with Gasteiger partial charge in [-0.15, -0.1) is 0 Å². The van der Waals surface area contributed by atoms with E-state index in [0.717, 1.165) is 6.08 Å². The maximum Gasteiger partial charge on any atom is 0.472 e. The van der Waals surface area contributed by atoms with Crippen LogP contribution in [0, 0.1) is 0 Å². The summed E-state index contributed by atoms with van der Waals surface area (Å²) in [6.45, 7) is 2.27. The Morgan fingerprint density at radius 2 is 2.18 bits per heavy atom. The molecule has 0 atom stereocenters. The van der Waals surface area contributed by atoms with Crippen molar-refractivity contribution in [2.75, 3.05) is 6.79 Å². The summed E-state index contributed by atoms with van der Waals surface area (Å²) in [5.41, 5.74) is 0. The Balaban J connectivity index is 3.51. The van der Waals surface area contributed by atoms with E-state index in [4.69, 9.17) is 9.79 Å². The maximum atomic E-state index is 10.2. The van der Waals surface area contributed by atoms with Crippen molar-refractivity contribution < 1.29 is 28.4 Å². The number of hydrogen-bond acceptors (Lipinski definition) is 4. The van der Waals surface area contributed by atoms with Crippen molar-refractivity contribution in [2.45, 2.75) is 0 Å². The Morgan fingerprint density at radius 1 is 1.64 bits per heavy atom. The van der Waals surface area contributed by atoms with Crippen LogP contribution in [0.2, 0.25) is 0 Å². The van der Waals surface area contributed by atoms with Gasteiger partial charge in [-0.1, -0.05) is 6.58 Å². The van der Waals surface area contributed by atoms with Gasteiger partial charge < -0.3 is 14.5 Å². The Hall–Kier alpha value is -0.680. The molecule has 0 radical (unpaired) electrons. The highest BCUT2D eigenvalue weighted by atomic mass is 31.2. The van der Waals surface area contributed by atoms with E-state index in [0.29, 0.717) is 0 Å². The smallest absolute Gasteiger partial charge is 0.435 e. The molecule has 0 aromatic heterocycles. The van der Waals surface area contributed by atoms with Gasteiger partial charge in [-0.3, -0.25) is 0 Å². The summed E-state index contributed by atoms with van der Waals surface area (Å²) in [7, 11) is -4.54. The van der Waals surface area contributed by atoms with Crippen LogP contribution in [0.25, 0.3) is 0 Å². The van der Waals surface area contributed by atoms with Gasteiger partial charge in [0.05, 0.1) is 0 Å². The number of esters is 1. The van der Waals surface area contributed by atoms with E-state index in [1.165, 1.54) is 0 Å². The molecule has 2 N–H and O–H groups in total. The van der Waals surface area contributed by atoms with E-state index in [1.807, 2.05) is 0 Å². The largest absolute Gasteiger partial charge is 0.472 e. The molecule has 0 bridgehead atoms. The number of phosphoric acid groups is 1. The van der Waals surface area contributed by atoms with Gasteiger partial charge in [-0.2, -0.15) is 0 Å². The zero-order valence-electron chi connectivity index (χ0n) is 5.47. The minimum Gasteiger partial charge on any atom is -0.435 e. The predicted octanol–water partition coefficient (Wildman–Crippen LogP) is -0.218. The summed E-state index contributed by atoms with van der Waals surface area (Å²) in [5, 5.41) is 0. The number of phosphoric ester groups is 1. The summed E-state index contributed by atoms with van der Waals surface area (Å²) in [4.78, 5) is 26.4. The number of ether oxygens (including phenoxy) is 1. The summed E-state index contributed by atoms with van der Waals surface area (Å²) >= 11 is 0. The van der Waals surface area contributed by atoms with Crippen LogP contribution < -0.4 is 0 Å². The minimum atomic E-state index is -4.54. The van der Waals surface area contributed by atoms with Crippen molar-refractivity contribution in [1.82, 2.24) is 0 Å². The molecule has 7 heteroatoms. The minimum absolute atomic E-state index is 0.783. The molecular weight excluding hydrogens is 175 g/mol. The second-order valence-corrected chi connectivity index (χ2v) is 2.64. The molecule has 0 aromatic carbocycles. The molecule has 0 fully saturated rings. The van der Waals surface area contributed by atoms with E-state index in [9.17, 15) is 9.36 Å². The van der Waals surface area contributed by atoms with E-state index in [2.05, 4.69) is 15.8 Å². The fourth-order valence-corrected chi connectivity index (χ4v) is 0.402. The van der Waals surface area contributed by atoms with Gasteiger partial charge >= 0.3 is 13.8 Å². The monoisotopic (exact) mass is 182 g/mol. The number of carbonyl (C=O) groups excluding carboxylic acids is 1. The molecule has 0 unspecified atom stereocenters. The van der Waals surface area contributed by atoms with E-state index >= 15 is 0 Å². The normalized spacial score (nSPS) is 10.7. The fourth-order valence-electron chi connectivity index (χ4n) is 0.212. The predicted molar refractivity (Wildman–Crippen MR) is 34.3 cm³/mol. The van der Waals surface area contributed by atoms with Gasteiger partial charge in [0.1, 0.15) is 0 Å². The second-order valence-electron chi connectivity index (χ2n) is 1.41. The zero-order valence-corrected chi connectivity index (χ0v) is 6.36. The van der Waals surface area contributed by atoms with Crippen molar-refractivity contribution in [3.05, 3.63) is 12.7 Å². The van der Waals surface area contributed by atoms with E-state index in [-0.39, 0.29) is 0 Å². The highest BCUT2D eigenvalue weighted by molar-refractivity contribution is 7.46. The van der Waals surface area contributed by atoms with Crippen LogP contribution in [0.1, 0.15) is 0 Å². The molecule has 0 heterocycles. The van der Waals surface area contributed by atoms with Gasteiger partial charge in [-0.25, -0.2) is 13.9 Å². The molecule has 0 amide bonds. The lowest BCUT2D eigenvalue weighted by molar-refractivity contribution is -0.144. The van der Waals surface area contributed by atoms with Crippen LogP contribution in [0.3, 0.4) is 0 Å². The van der Waals surface area contributed by atoms with E-state index in [1.54, 1.807) is 0 Å². The Labute approximate surface area is 62.7 Å². The summed E-state index contributed by atoms with van der Waals surface area (Å²) in [6, 6.07) is 0. The molecule has 0 aliphatic rings. The number of carbonyl (C=O) groups is 1. The van der Waals surface area contributed by atoms with Gasteiger partial charge in [0, 0.05) is 6.08 Å². The van der Waals surface area contributed by atoms with E-state index < -0.39 is 20.6 Å². The Morgan fingerprint density at radius 3 is 2.55 bits per heavy atom. The Bertz CT molecular complexity index is 193.